The highest BCUT2D eigenvalue weighted by molar-refractivity contribution is 5.96. The second kappa shape index (κ2) is 5.87. The third kappa shape index (κ3) is 2.49. The molecule has 3 rings (SSSR count). The van der Waals surface area contributed by atoms with Gasteiger partial charge in [0.25, 0.3) is 0 Å². The molecule has 0 N–H and O–H groups in total. The highest BCUT2D eigenvalue weighted by Crippen LogP contribution is 2.33. The highest BCUT2D eigenvalue weighted by Gasteiger charge is 2.16. The second-order valence-electron chi connectivity index (χ2n) is 5.35. The molecule has 0 saturated carbocycles. The van der Waals surface area contributed by atoms with Gasteiger partial charge >= 0.3 is 0 Å². The Morgan fingerprint density at radius 2 is 1.82 bits per heavy atom. The van der Waals surface area contributed by atoms with E-state index in [0.29, 0.717) is 17.6 Å². The summed E-state index contributed by atoms with van der Waals surface area (Å²) in [5, 5.41) is 0.724. The lowest BCUT2D eigenvalue weighted by molar-refractivity contribution is 0.511. The van der Waals surface area contributed by atoms with Crippen LogP contribution in [0.4, 0.5) is 13.2 Å². The van der Waals surface area contributed by atoms with Crippen LogP contribution in [0.5, 0.6) is 0 Å². The number of aromatic nitrogens is 1. The summed E-state index contributed by atoms with van der Waals surface area (Å²) in [6.07, 6.45) is 3.71. The number of fused-ring (bicyclic) bond motifs is 1. The summed E-state index contributed by atoms with van der Waals surface area (Å²) < 4.78 is 43.0. The molecule has 0 saturated heterocycles. The molecule has 0 aliphatic carbocycles. The van der Waals surface area contributed by atoms with Crippen LogP contribution in [0.3, 0.4) is 0 Å². The maximum Gasteiger partial charge on any atom is 0.166 e. The summed E-state index contributed by atoms with van der Waals surface area (Å²) in [6, 6.07) is 8.51. The summed E-state index contributed by atoms with van der Waals surface area (Å²) in [6.45, 7) is 2.78. The third-order valence-corrected chi connectivity index (χ3v) is 3.84. The molecule has 0 aliphatic heterocycles. The van der Waals surface area contributed by atoms with Crippen molar-refractivity contribution in [1.29, 1.82) is 0 Å². The SMILES string of the molecule is CCCCn1cc(-c2cccc(F)c2F)c2ccc(F)cc21. The summed E-state index contributed by atoms with van der Waals surface area (Å²) in [5.74, 6) is -2.09. The van der Waals surface area contributed by atoms with Gasteiger partial charge in [-0.3, -0.25) is 0 Å². The first-order valence-electron chi connectivity index (χ1n) is 7.34. The van der Waals surface area contributed by atoms with Gasteiger partial charge in [0, 0.05) is 29.3 Å². The van der Waals surface area contributed by atoms with Crippen molar-refractivity contribution in [1.82, 2.24) is 4.57 Å². The Morgan fingerprint density at radius 3 is 2.59 bits per heavy atom. The monoisotopic (exact) mass is 303 g/mol. The van der Waals surface area contributed by atoms with Crippen LogP contribution in [0.15, 0.2) is 42.6 Å². The molecular formula is C18H16F3N. The van der Waals surface area contributed by atoms with Crippen molar-refractivity contribution in [3.05, 3.63) is 60.0 Å². The zero-order chi connectivity index (χ0) is 15.7. The molecule has 0 fully saturated rings. The van der Waals surface area contributed by atoms with Crippen molar-refractivity contribution in [3.63, 3.8) is 0 Å². The lowest BCUT2D eigenvalue weighted by Gasteiger charge is -2.03. The number of aryl methyl sites for hydroxylation is 1. The van der Waals surface area contributed by atoms with E-state index in [2.05, 4.69) is 6.92 Å². The Morgan fingerprint density at radius 1 is 1.00 bits per heavy atom. The Bertz CT molecular complexity index is 821. The van der Waals surface area contributed by atoms with Gasteiger partial charge in [0.05, 0.1) is 5.52 Å². The fraction of sp³-hybridized carbons (Fsp3) is 0.222. The normalized spacial score (nSPS) is 11.3. The minimum Gasteiger partial charge on any atom is -0.347 e. The highest BCUT2D eigenvalue weighted by atomic mass is 19.2. The van der Waals surface area contributed by atoms with Gasteiger partial charge in [-0.2, -0.15) is 0 Å². The molecule has 3 aromatic rings. The minimum absolute atomic E-state index is 0.201. The van der Waals surface area contributed by atoms with Crippen LogP contribution in [-0.4, -0.2) is 4.57 Å². The first-order valence-corrected chi connectivity index (χ1v) is 7.34. The molecule has 0 aliphatic rings. The lowest BCUT2D eigenvalue weighted by atomic mass is 10.0. The van der Waals surface area contributed by atoms with Gasteiger partial charge in [-0.15, -0.1) is 0 Å². The first kappa shape index (κ1) is 14.7. The van der Waals surface area contributed by atoms with Gasteiger partial charge in [-0.05, 0) is 30.7 Å². The average Bonchev–Trinajstić information content (AvgIpc) is 2.86. The molecule has 0 unspecified atom stereocenters. The van der Waals surface area contributed by atoms with E-state index < -0.39 is 11.6 Å². The van der Waals surface area contributed by atoms with E-state index >= 15 is 0 Å². The molecule has 1 aromatic heterocycles. The number of hydrogen-bond donors (Lipinski definition) is 0. The van der Waals surface area contributed by atoms with Crippen LogP contribution < -0.4 is 0 Å². The van der Waals surface area contributed by atoms with Crippen molar-refractivity contribution >= 4 is 10.9 Å². The van der Waals surface area contributed by atoms with Crippen LogP contribution in [0, 0.1) is 17.5 Å². The largest absolute Gasteiger partial charge is 0.347 e. The van der Waals surface area contributed by atoms with Crippen molar-refractivity contribution in [3.8, 4) is 11.1 Å². The number of benzene rings is 2. The maximum atomic E-state index is 14.1. The van der Waals surface area contributed by atoms with Crippen LogP contribution in [0.2, 0.25) is 0 Å². The van der Waals surface area contributed by atoms with Crippen LogP contribution in [-0.2, 0) is 6.54 Å². The van der Waals surface area contributed by atoms with Gasteiger partial charge in [0.1, 0.15) is 5.82 Å². The van der Waals surface area contributed by atoms with Crippen molar-refractivity contribution in [2.75, 3.05) is 0 Å². The van der Waals surface area contributed by atoms with E-state index in [0.717, 1.165) is 24.3 Å². The molecule has 4 heteroatoms. The van der Waals surface area contributed by atoms with E-state index in [9.17, 15) is 13.2 Å². The Balaban J connectivity index is 2.23. The predicted octanol–water partition coefficient (Wildman–Crippen LogP) is 5.53. The van der Waals surface area contributed by atoms with E-state index in [1.165, 1.54) is 18.2 Å². The number of hydrogen-bond acceptors (Lipinski definition) is 0. The van der Waals surface area contributed by atoms with Crippen molar-refractivity contribution in [2.24, 2.45) is 0 Å². The Labute approximate surface area is 127 Å². The van der Waals surface area contributed by atoms with Crippen molar-refractivity contribution < 1.29 is 13.2 Å². The third-order valence-electron chi connectivity index (χ3n) is 3.84. The van der Waals surface area contributed by atoms with Gasteiger partial charge in [0.2, 0.25) is 0 Å². The molecule has 0 bridgehead atoms. The standard InChI is InChI=1S/C18H16F3N/c1-2-3-9-22-11-15(13-8-7-12(19)10-17(13)22)14-5-4-6-16(20)18(14)21/h4-8,10-11H,2-3,9H2,1H3. The molecule has 0 spiro atoms. The van der Waals surface area contributed by atoms with E-state index in [4.69, 9.17) is 0 Å². The zero-order valence-corrected chi connectivity index (χ0v) is 12.2. The van der Waals surface area contributed by atoms with Crippen LogP contribution >= 0.6 is 0 Å². The molecule has 114 valence electrons. The summed E-state index contributed by atoms with van der Waals surface area (Å²) in [4.78, 5) is 0. The predicted molar refractivity (Wildman–Crippen MR) is 82.2 cm³/mol. The zero-order valence-electron chi connectivity index (χ0n) is 12.2. The quantitative estimate of drug-likeness (QED) is 0.597. The van der Waals surface area contributed by atoms with Gasteiger partial charge < -0.3 is 4.57 Å². The Kier molecular flexibility index (Phi) is 3.92. The van der Waals surface area contributed by atoms with E-state index in [-0.39, 0.29) is 11.4 Å². The number of rotatable bonds is 4. The number of unbranched alkanes of at least 4 members (excludes halogenated alkanes) is 1. The van der Waals surface area contributed by atoms with E-state index in [1.54, 1.807) is 18.3 Å². The molecule has 2 aromatic carbocycles. The molecule has 0 amide bonds. The van der Waals surface area contributed by atoms with E-state index in [1.807, 2.05) is 4.57 Å². The topological polar surface area (TPSA) is 4.93 Å². The molecule has 0 radical (unpaired) electrons. The fourth-order valence-electron chi connectivity index (χ4n) is 2.70. The Hall–Kier alpha value is -2.23. The summed E-state index contributed by atoms with van der Waals surface area (Å²) in [5.41, 5.74) is 1.49. The van der Waals surface area contributed by atoms with Gasteiger partial charge in [0.15, 0.2) is 11.6 Å². The second-order valence-corrected chi connectivity index (χ2v) is 5.35. The number of halogens is 3. The number of nitrogens with zero attached hydrogens (tertiary/aromatic N) is 1. The van der Waals surface area contributed by atoms with Crippen LogP contribution in [0.25, 0.3) is 22.0 Å². The van der Waals surface area contributed by atoms with Crippen LogP contribution in [0.1, 0.15) is 19.8 Å². The smallest absolute Gasteiger partial charge is 0.166 e. The van der Waals surface area contributed by atoms with Gasteiger partial charge in [-0.25, -0.2) is 13.2 Å². The fourth-order valence-corrected chi connectivity index (χ4v) is 2.70. The summed E-state index contributed by atoms with van der Waals surface area (Å²) in [7, 11) is 0. The first-order chi connectivity index (χ1) is 10.6. The molecule has 22 heavy (non-hydrogen) atoms. The van der Waals surface area contributed by atoms with Gasteiger partial charge in [-0.1, -0.05) is 25.5 Å². The lowest BCUT2D eigenvalue weighted by Crippen LogP contribution is -1.95. The molecule has 1 heterocycles. The molecular weight excluding hydrogens is 287 g/mol. The summed E-state index contributed by atoms with van der Waals surface area (Å²) >= 11 is 0. The maximum absolute atomic E-state index is 14.1. The minimum atomic E-state index is -0.880. The molecule has 0 atom stereocenters. The molecule has 1 nitrogen and oxygen atoms in total. The average molecular weight is 303 g/mol. The van der Waals surface area contributed by atoms with Crippen molar-refractivity contribution in [2.45, 2.75) is 26.3 Å².